The van der Waals surface area contributed by atoms with Gasteiger partial charge in [-0.05, 0) is 31.1 Å². The number of hydrogen-bond donors (Lipinski definition) is 1. The summed E-state index contributed by atoms with van der Waals surface area (Å²) in [6.45, 7) is -1.89. The van der Waals surface area contributed by atoms with Gasteiger partial charge in [0, 0.05) is 0 Å². The van der Waals surface area contributed by atoms with Gasteiger partial charge in [-0.3, -0.25) is 9.59 Å². The smallest absolute Gasteiger partial charge is 0.367 e. The number of carbonyl (C=O) groups excluding carboxylic acids is 1. The van der Waals surface area contributed by atoms with Crippen molar-refractivity contribution in [1.29, 1.82) is 0 Å². The fraction of sp³-hybridized carbons (Fsp3) is 0.818. The monoisotopic (exact) mass is 327 g/mol. The standard InChI is InChI=1S/C11H14F2O7S/c12-11(13,21(17,18)19)4-20-10(16)8-6-2-1-5(3-6)7(8)9(14)15/h5-8H,1-4H2,(H,14,15)(H,17,18,19)/p-1. The number of hydrogen-bond acceptors (Lipinski definition) is 6. The molecule has 10 heteroatoms. The second-order valence-electron chi connectivity index (χ2n) is 5.42. The molecule has 2 saturated carbocycles. The number of carbonyl (C=O) groups is 2. The molecule has 0 aromatic rings. The Balaban J connectivity index is 2.05. The van der Waals surface area contributed by atoms with Crippen LogP contribution in [0.1, 0.15) is 19.3 Å². The molecule has 0 aromatic carbocycles. The Morgan fingerprint density at radius 3 is 2.24 bits per heavy atom. The van der Waals surface area contributed by atoms with E-state index in [1.165, 1.54) is 0 Å². The first-order valence-corrected chi connectivity index (χ1v) is 7.68. The fourth-order valence-corrected chi connectivity index (χ4v) is 3.51. The molecule has 120 valence electrons. The van der Waals surface area contributed by atoms with Crippen molar-refractivity contribution in [3.63, 3.8) is 0 Å². The largest absolute Gasteiger partial charge is 0.743 e. The molecule has 4 atom stereocenters. The highest BCUT2D eigenvalue weighted by atomic mass is 32.2. The van der Waals surface area contributed by atoms with Gasteiger partial charge in [0.25, 0.3) is 0 Å². The minimum absolute atomic E-state index is 0.200. The molecule has 4 unspecified atom stereocenters. The van der Waals surface area contributed by atoms with Crippen molar-refractivity contribution >= 4 is 22.1 Å². The number of fused-ring (bicyclic) bond motifs is 2. The Labute approximate surface area is 119 Å². The SMILES string of the molecule is O=C(O)C1C2CCC(C2)C1C(=O)OCC(F)(F)S(=O)(=O)[O-]. The summed E-state index contributed by atoms with van der Waals surface area (Å²) >= 11 is 0. The zero-order valence-corrected chi connectivity index (χ0v) is 11.5. The molecule has 2 rings (SSSR count). The molecule has 1 N–H and O–H groups in total. The van der Waals surface area contributed by atoms with Crippen molar-refractivity contribution in [3.8, 4) is 0 Å². The van der Waals surface area contributed by atoms with Gasteiger partial charge in [0.15, 0.2) is 16.7 Å². The molecule has 0 aliphatic heterocycles. The number of aliphatic carboxylic acids is 1. The van der Waals surface area contributed by atoms with Crippen LogP contribution in [-0.2, 0) is 24.4 Å². The molecule has 0 saturated heterocycles. The van der Waals surface area contributed by atoms with E-state index < -0.39 is 45.8 Å². The maximum atomic E-state index is 12.9. The molecule has 21 heavy (non-hydrogen) atoms. The first-order chi connectivity index (χ1) is 9.54. The average molecular weight is 327 g/mol. The minimum atomic E-state index is -5.94. The molecule has 0 radical (unpaired) electrons. The summed E-state index contributed by atoms with van der Waals surface area (Å²) in [4.78, 5) is 23.0. The molecular weight excluding hydrogens is 314 g/mol. The van der Waals surface area contributed by atoms with Gasteiger partial charge in [0.05, 0.1) is 11.8 Å². The van der Waals surface area contributed by atoms with Crippen molar-refractivity contribution in [1.82, 2.24) is 0 Å². The zero-order valence-electron chi connectivity index (χ0n) is 10.7. The summed E-state index contributed by atoms with van der Waals surface area (Å²) < 4.78 is 61.0. The quantitative estimate of drug-likeness (QED) is 0.573. The van der Waals surface area contributed by atoms with Crippen LogP contribution < -0.4 is 0 Å². The highest BCUT2D eigenvalue weighted by Gasteiger charge is 2.55. The third kappa shape index (κ3) is 2.86. The number of halogens is 2. The number of rotatable bonds is 5. The highest BCUT2D eigenvalue weighted by Crippen LogP contribution is 2.52. The van der Waals surface area contributed by atoms with Crippen LogP contribution in [0.4, 0.5) is 8.78 Å². The van der Waals surface area contributed by atoms with E-state index in [-0.39, 0.29) is 11.8 Å². The fourth-order valence-electron chi connectivity index (χ4n) is 3.31. The maximum Gasteiger partial charge on any atom is 0.367 e. The van der Waals surface area contributed by atoms with Gasteiger partial charge >= 0.3 is 17.2 Å². The molecule has 2 fully saturated rings. The number of alkyl halides is 2. The number of carboxylic acid groups (broad SMARTS) is 1. The summed E-state index contributed by atoms with van der Waals surface area (Å²) in [5.41, 5.74) is 0. The molecule has 0 aromatic heterocycles. The first kappa shape index (κ1) is 16.1. The van der Waals surface area contributed by atoms with Crippen LogP contribution >= 0.6 is 0 Å². The number of carboxylic acids is 1. The molecular formula is C11H13F2O7S-. The van der Waals surface area contributed by atoms with Crippen LogP contribution in [0.25, 0.3) is 0 Å². The first-order valence-electron chi connectivity index (χ1n) is 6.27. The molecule has 2 aliphatic rings. The van der Waals surface area contributed by atoms with Crippen LogP contribution in [-0.4, -0.2) is 41.9 Å². The summed E-state index contributed by atoms with van der Waals surface area (Å²) in [6, 6.07) is 0. The number of ether oxygens (including phenoxy) is 1. The van der Waals surface area contributed by atoms with Crippen molar-refractivity contribution < 1.29 is 41.2 Å². The lowest BCUT2D eigenvalue weighted by Crippen LogP contribution is -2.39. The van der Waals surface area contributed by atoms with E-state index in [0.717, 1.165) is 0 Å². The minimum Gasteiger partial charge on any atom is -0.743 e. The topological polar surface area (TPSA) is 121 Å². The third-order valence-electron chi connectivity index (χ3n) is 4.22. The van der Waals surface area contributed by atoms with Crippen molar-refractivity contribution in [2.75, 3.05) is 6.61 Å². The van der Waals surface area contributed by atoms with Crippen LogP contribution in [0.3, 0.4) is 0 Å². The summed E-state index contributed by atoms with van der Waals surface area (Å²) in [7, 11) is -5.94. The molecule has 0 amide bonds. The van der Waals surface area contributed by atoms with Crippen LogP contribution in [0.15, 0.2) is 0 Å². The lowest BCUT2D eigenvalue weighted by molar-refractivity contribution is -0.164. The van der Waals surface area contributed by atoms with E-state index in [9.17, 15) is 31.3 Å². The Bertz CT molecular complexity index is 559. The van der Waals surface area contributed by atoms with Crippen LogP contribution in [0.5, 0.6) is 0 Å². The summed E-state index contributed by atoms with van der Waals surface area (Å²) in [6.07, 6.45) is 1.76. The van der Waals surface area contributed by atoms with Crippen LogP contribution in [0, 0.1) is 23.7 Å². The molecule has 0 spiro atoms. The Morgan fingerprint density at radius 1 is 1.24 bits per heavy atom. The normalized spacial score (nSPS) is 32.1. The summed E-state index contributed by atoms with van der Waals surface area (Å²) in [5.74, 6) is -4.92. The summed E-state index contributed by atoms with van der Waals surface area (Å²) in [5, 5.41) is 4.39. The van der Waals surface area contributed by atoms with E-state index in [1.54, 1.807) is 0 Å². The number of esters is 1. The lowest BCUT2D eigenvalue weighted by atomic mass is 9.79. The Morgan fingerprint density at radius 2 is 1.76 bits per heavy atom. The van der Waals surface area contributed by atoms with Gasteiger partial charge in [-0.2, -0.15) is 8.78 Å². The highest BCUT2D eigenvalue weighted by molar-refractivity contribution is 7.86. The predicted octanol–water partition coefficient (Wildman–Crippen LogP) is 0.415. The second kappa shape index (κ2) is 5.16. The molecule has 7 nitrogen and oxygen atoms in total. The van der Waals surface area contributed by atoms with Gasteiger partial charge in [-0.15, -0.1) is 0 Å². The maximum absolute atomic E-state index is 12.9. The second-order valence-corrected chi connectivity index (χ2v) is 6.93. The molecule has 0 heterocycles. The predicted molar refractivity (Wildman–Crippen MR) is 61.1 cm³/mol. The van der Waals surface area contributed by atoms with E-state index >= 15 is 0 Å². The molecule has 2 aliphatic carbocycles. The van der Waals surface area contributed by atoms with Crippen molar-refractivity contribution in [2.24, 2.45) is 23.7 Å². The van der Waals surface area contributed by atoms with E-state index in [4.69, 9.17) is 5.11 Å². The van der Waals surface area contributed by atoms with Crippen molar-refractivity contribution in [2.45, 2.75) is 24.5 Å². The van der Waals surface area contributed by atoms with E-state index in [1.807, 2.05) is 0 Å². The van der Waals surface area contributed by atoms with Crippen molar-refractivity contribution in [3.05, 3.63) is 0 Å². The van der Waals surface area contributed by atoms with Gasteiger partial charge < -0.3 is 14.4 Å². The van der Waals surface area contributed by atoms with E-state index in [2.05, 4.69) is 4.74 Å². The van der Waals surface area contributed by atoms with Gasteiger partial charge in [0.1, 0.15) is 0 Å². The van der Waals surface area contributed by atoms with Gasteiger partial charge in [-0.1, -0.05) is 0 Å². The van der Waals surface area contributed by atoms with E-state index in [0.29, 0.717) is 19.3 Å². The molecule has 2 bridgehead atoms. The lowest BCUT2D eigenvalue weighted by Gasteiger charge is -2.27. The third-order valence-corrected chi connectivity index (χ3v) is 5.07. The van der Waals surface area contributed by atoms with Gasteiger partial charge in [0.2, 0.25) is 0 Å². The average Bonchev–Trinajstić information content (AvgIpc) is 2.94. The Kier molecular flexibility index (Phi) is 3.96. The zero-order chi connectivity index (χ0) is 16.0. The van der Waals surface area contributed by atoms with Gasteiger partial charge in [-0.25, -0.2) is 8.42 Å². The Hall–Kier alpha value is -1.29. The van der Waals surface area contributed by atoms with Crippen LogP contribution in [0.2, 0.25) is 0 Å².